The van der Waals surface area contributed by atoms with E-state index < -0.39 is 28.3 Å². The number of aromatic carboxylic acids is 1. The van der Waals surface area contributed by atoms with E-state index in [9.17, 15) is 13.4 Å². The lowest BCUT2D eigenvalue weighted by atomic mass is 10.1. The van der Waals surface area contributed by atoms with Gasteiger partial charge in [-0.2, -0.15) is 0 Å². The van der Waals surface area contributed by atoms with Crippen LogP contribution in [0.1, 0.15) is 17.3 Å². The fourth-order valence-electron chi connectivity index (χ4n) is 1.60. The summed E-state index contributed by atoms with van der Waals surface area (Å²) in [4.78, 5) is 11.1. The number of nitrogen functional groups attached to an aromatic ring is 1. The van der Waals surface area contributed by atoms with Gasteiger partial charge in [0.2, 0.25) is 0 Å². The van der Waals surface area contributed by atoms with Gasteiger partial charge in [-0.25, -0.2) is 9.18 Å². The minimum atomic E-state index is -1.31. The number of hydrogen-bond acceptors (Lipinski definition) is 4. The molecule has 1 aromatic carbocycles. The van der Waals surface area contributed by atoms with Crippen LogP contribution in [-0.2, 0) is 10.8 Å². The van der Waals surface area contributed by atoms with Crippen molar-refractivity contribution in [3.63, 3.8) is 0 Å². The molecule has 100 valence electrons. The number of halogens is 1. The number of carboxylic acid groups (broad SMARTS) is 1. The molecular weight excluding hydrogens is 259 g/mol. The molecule has 0 bridgehead atoms. The van der Waals surface area contributed by atoms with Crippen molar-refractivity contribution >= 4 is 28.1 Å². The van der Waals surface area contributed by atoms with Gasteiger partial charge in [0.1, 0.15) is 11.4 Å². The summed E-state index contributed by atoms with van der Waals surface area (Å²) in [6.45, 7) is 1.76. The van der Waals surface area contributed by atoms with Crippen molar-refractivity contribution in [2.45, 2.75) is 13.0 Å². The zero-order valence-electron chi connectivity index (χ0n) is 10.1. The molecule has 0 saturated carbocycles. The maximum atomic E-state index is 13.2. The van der Waals surface area contributed by atoms with Crippen molar-refractivity contribution in [1.29, 1.82) is 0 Å². The van der Waals surface area contributed by atoms with Crippen LogP contribution in [-0.4, -0.2) is 33.3 Å². The van der Waals surface area contributed by atoms with Gasteiger partial charge in [0.25, 0.3) is 0 Å². The lowest BCUT2D eigenvalue weighted by molar-refractivity contribution is 0.0698. The lowest BCUT2D eigenvalue weighted by Gasteiger charge is -2.17. The van der Waals surface area contributed by atoms with E-state index >= 15 is 0 Å². The molecule has 0 amide bonds. The number of rotatable bonds is 5. The summed E-state index contributed by atoms with van der Waals surface area (Å²) < 4.78 is 24.3. The Bertz CT molecular complexity index is 493. The summed E-state index contributed by atoms with van der Waals surface area (Å²) in [6.07, 6.45) is 1.55. The largest absolute Gasteiger partial charge is 0.478 e. The average Bonchev–Trinajstić information content (AvgIpc) is 2.21. The average molecular weight is 274 g/mol. The summed E-state index contributed by atoms with van der Waals surface area (Å²) in [5, 5.41) is 11.9. The van der Waals surface area contributed by atoms with Gasteiger partial charge in [-0.1, -0.05) is 0 Å². The second kappa shape index (κ2) is 5.81. The minimum absolute atomic E-state index is 0.209. The number of nitrogens with two attached hydrogens (primary N) is 1. The normalized spacial score (nSPS) is 13.9. The second-order valence-corrected chi connectivity index (χ2v) is 5.45. The molecule has 2 unspecified atom stereocenters. The van der Waals surface area contributed by atoms with Crippen molar-refractivity contribution in [3.05, 3.63) is 23.5 Å². The summed E-state index contributed by atoms with van der Waals surface area (Å²) in [5.74, 6) is -1.72. The van der Waals surface area contributed by atoms with E-state index in [0.717, 1.165) is 6.07 Å². The van der Waals surface area contributed by atoms with Crippen LogP contribution in [0.4, 0.5) is 15.8 Å². The quantitative estimate of drug-likeness (QED) is 0.703. The predicted octanol–water partition coefficient (Wildman–Crippen LogP) is 1.28. The fraction of sp³-hybridized carbons (Fsp3) is 0.364. The Kier molecular flexibility index (Phi) is 4.66. The Hall–Kier alpha value is -1.63. The fourth-order valence-corrected chi connectivity index (χ4v) is 2.39. The Morgan fingerprint density at radius 2 is 2.22 bits per heavy atom. The summed E-state index contributed by atoms with van der Waals surface area (Å²) >= 11 is 0. The molecule has 1 rings (SSSR count). The van der Waals surface area contributed by atoms with Gasteiger partial charge in [0, 0.05) is 28.9 Å². The summed E-state index contributed by atoms with van der Waals surface area (Å²) in [6, 6.07) is 2.20. The molecule has 18 heavy (non-hydrogen) atoms. The molecule has 0 aliphatic heterocycles. The summed E-state index contributed by atoms with van der Waals surface area (Å²) in [7, 11) is -1.01. The number of hydrogen-bond donors (Lipinski definition) is 3. The van der Waals surface area contributed by atoms with Gasteiger partial charge in [0.15, 0.2) is 0 Å². The molecule has 0 aliphatic rings. The molecule has 1 aromatic rings. The number of anilines is 2. The molecule has 0 aliphatic carbocycles. The molecule has 2 atom stereocenters. The zero-order valence-corrected chi connectivity index (χ0v) is 10.9. The van der Waals surface area contributed by atoms with Crippen LogP contribution in [0, 0.1) is 5.82 Å². The van der Waals surface area contributed by atoms with Crippen LogP contribution in [0.3, 0.4) is 0 Å². The maximum absolute atomic E-state index is 13.2. The van der Waals surface area contributed by atoms with Crippen molar-refractivity contribution in [2.75, 3.05) is 23.1 Å². The van der Waals surface area contributed by atoms with E-state index in [1.807, 2.05) is 0 Å². The van der Waals surface area contributed by atoms with E-state index in [4.69, 9.17) is 10.8 Å². The smallest absolute Gasteiger partial charge is 0.340 e. The molecule has 0 spiro atoms. The van der Waals surface area contributed by atoms with Crippen LogP contribution in [0.2, 0.25) is 0 Å². The number of nitrogens with one attached hydrogen (secondary N) is 1. The standard InChI is InChI=1S/C11H15FN2O3S/c1-6(5-18(2)17)14-8-4-3-7(12)10(13)9(8)11(15)16/h3-4,6,14H,5,13H2,1-2H3,(H,15,16). The summed E-state index contributed by atoms with van der Waals surface area (Å²) in [5.41, 5.74) is 4.92. The van der Waals surface area contributed by atoms with Crippen molar-refractivity contribution < 1.29 is 18.5 Å². The maximum Gasteiger partial charge on any atom is 0.340 e. The highest BCUT2D eigenvalue weighted by atomic mass is 32.2. The third kappa shape index (κ3) is 3.43. The van der Waals surface area contributed by atoms with E-state index in [2.05, 4.69) is 5.32 Å². The third-order valence-electron chi connectivity index (χ3n) is 2.29. The van der Waals surface area contributed by atoms with Gasteiger partial charge in [-0.05, 0) is 19.1 Å². The van der Waals surface area contributed by atoms with Gasteiger partial charge in [-0.3, -0.25) is 4.21 Å². The van der Waals surface area contributed by atoms with Crippen LogP contribution in [0.5, 0.6) is 0 Å². The van der Waals surface area contributed by atoms with E-state index in [1.54, 1.807) is 13.2 Å². The van der Waals surface area contributed by atoms with Gasteiger partial charge >= 0.3 is 5.97 Å². The number of carboxylic acids is 1. The van der Waals surface area contributed by atoms with Gasteiger partial charge < -0.3 is 16.2 Å². The minimum Gasteiger partial charge on any atom is -0.478 e. The molecular formula is C11H15FN2O3S. The zero-order chi connectivity index (χ0) is 13.9. The topological polar surface area (TPSA) is 92.4 Å². The number of benzene rings is 1. The molecule has 0 heterocycles. The van der Waals surface area contributed by atoms with Gasteiger partial charge in [-0.15, -0.1) is 0 Å². The van der Waals surface area contributed by atoms with Crippen molar-refractivity contribution in [1.82, 2.24) is 0 Å². The first-order valence-corrected chi connectivity index (χ1v) is 6.93. The van der Waals surface area contributed by atoms with Crippen molar-refractivity contribution in [2.24, 2.45) is 0 Å². The Labute approximate surface area is 107 Å². The Morgan fingerprint density at radius 3 is 2.72 bits per heavy atom. The molecule has 4 N–H and O–H groups in total. The third-order valence-corrected chi connectivity index (χ3v) is 3.26. The van der Waals surface area contributed by atoms with Crippen LogP contribution >= 0.6 is 0 Å². The van der Waals surface area contributed by atoms with E-state index in [1.165, 1.54) is 6.07 Å². The molecule has 5 nitrogen and oxygen atoms in total. The first kappa shape index (κ1) is 14.4. The second-order valence-electron chi connectivity index (χ2n) is 3.97. The van der Waals surface area contributed by atoms with E-state index in [0.29, 0.717) is 5.75 Å². The molecule has 0 saturated heterocycles. The Balaban J connectivity index is 3.06. The highest BCUT2D eigenvalue weighted by Crippen LogP contribution is 2.25. The first-order valence-electron chi connectivity index (χ1n) is 5.20. The molecule has 0 fully saturated rings. The lowest BCUT2D eigenvalue weighted by Crippen LogP contribution is -2.24. The molecule has 7 heteroatoms. The van der Waals surface area contributed by atoms with Crippen LogP contribution < -0.4 is 11.1 Å². The Morgan fingerprint density at radius 1 is 1.61 bits per heavy atom. The van der Waals surface area contributed by atoms with Crippen LogP contribution in [0.25, 0.3) is 0 Å². The highest BCUT2D eigenvalue weighted by Gasteiger charge is 2.18. The number of carbonyl (C=O) groups is 1. The highest BCUT2D eigenvalue weighted by molar-refractivity contribution is 7.84. The predicted molar refractivity (Wildman–Crippen MR) is 69.8 cm³/mol. The molecule has 0 aromatic heterocycles. The van der Waals surface area contributed by atoms with Crippen LogP contribution in [0.15, 0.2) is 12.1 Å². The van der Waals surface area contributed by atoms with E-state index in [-0.39, 0.29) is 17.3 Å². The SMILES string of the molecule is CC(CS(C)=O)Nc1ccc(F)c(N)c1C(=O)O. The molecule has 0 radical (unpaired) electrons. The van der Waals surface area contributed by atoms with Crippen molar-refractivity contribution in [3.8, 4) is 0 Å². The monoisotopic (exact) mass is 274 g/mol. The first-order chi connectivity index (χ1) is 8.32. The van der Waals surface area contributed by atoms with Gasteiger partial charge in [0.05, 0.1) is 11.4 Å².